The van der Waals surface area contributed by atoms with Crippen LogP contribution in [0.2, 0.25) is 0 Å². The molecule has 104 valence electrons. The van der Waals surface area contributed by atoms with E-state index in [1.807, 2.05) is 31.2 Å². The van der Waals surface area contributed by atoms with Crippen molar-refractivity contribution < 1.29 is 0 Å². The molecule has 0 atom stereocenters. The van der Waals surface area contributed by atoms with Gasteiger partial charge in [0.05, 0.1) is 5.69 Å². The molecule has 3 aromatic rings. The molecule has 0 fully saturated rings. The first-order valence-corrected chi connectivity index (χ1v) is 7.14. The largest absolute Gasteiger partial charge is 0.340 e. The number of aromatic nitrogens is 4. The number of nitrogens with one attached hydrogen (secondary N) is 1. The second-order valence-corrected chi connectivity index (χ2v) is 5.35. The van der Waals surface area contributed by atoms with Gasteiger partial charge in [-0.05, 0) is 41.1 Å². The van der Waals surface area contributed by atoms with E-state index in [0.717, 1.165) is 27.2 Å². The van der Waals surface area contributed by atoms with Crippen LogP contribution in [0.4, 0.5) is 11.5 Å². The Bertz CT molecular complexity index is 761. The van der Waals surface area contributed by atoms with E-state index in [4.69, 9.17) is 0 Å². The van der Waals surface area contributed by atoms with Gasteiger partial charge in [0.2, 0.25) is 0 Å². The van der Waals surface area contributed by atoms with Crippen molar-refractivity contribution in [2.45, 2.75) is 6.92 Å². The fraction of sp³-hybridized carbons (Fsp3) is 0.0667. The lowest BCUT2D eigenvalue weighted by Gasteiger charge is -2.08. The molecule has 0 saturated carbocycles. The number of aryl methyl sites for hydroxylation is 1. The van der Waals surface area contributed by atoms with Crippen molar-refractivity contribution in [1.82, 2.24) is 19.9 Å². The zero-order valence-electron chi connectivity index (χ0n) is 11.3. The van der Waals surface area contributed by atoms with Gasteiger partial charge in [0.15, 0.2) is 0 Å². The van der Waals surface area contributed by atoms with Gasteiger partial charge in [0, 0.05) is 46.6 Å². The Kier molecular flexibility index (Phi) is 3.87. The van der Waals surface area contributed by atoms with E-state index < -0.39 is 0 Å². The summed E-state index contributed by atoms with van der Waals surface area (Å²) in [5.41, 5.74) is 2.70. The summed E-state index contributed by atoms with van der Waals surface area (Å²) in [6, 6.07) is 7.65. The molecule has 6 heteroatoms. The molecule has 0 radical (unpaired) electrons. The summed E-state index contributed by atoms with van der Waals surface area (Å²) >= 11 is 3.42. The van der Waals surface area contributed by atoms with Crippen LogP contribution in [0.25, 0.3) is 11.3 Å². The van der Waals surface area contributed by atoms with Gasteiger partial charge in [-0.25, -0.2) is 9.97 Å². The van der Waals surface area contributed by atoms with Gasteiger partial charge in [-0.1, -0.05) is 0 Å². The predicted molar refractivity (Wildman–Crippen MR) is 85.2 cm³/mol. The van der Waals surface area contributed by atoms with Crippen LogP contribution in [0.1, 0.15) is 5.82 Å². The average molecular weight is 342 g/mol. The smallest absolute Gasteiger partial charge is 0.134 e. The Hall–Kier alpha value is -2.34. The standard InChI is InChI=1S/C15H12BrN5/c1-10-19-14(11-6-12(16)9-18-8-11)7-15(20-10)21-13-2-4-17-5-3-13/h2-9H,1H3,(H,17,19,20,21). The van der Waals surface area contributed by atoms with Crippen LogP contribution in [-0.2, 0) is 0 Å². The maximum atomic E-state index is 4.46. The highest BCUT2D eigenvalue weighted by molar-refractivity contribution is 9.10. The van der Waals surface area contributed by atoms with Crippen LogP contribution in [0.5, 0.6) is 0 Å². The molecule has 5 nitrogen and oxygen atoms in total. The van der Waals surface area contributed by atoms with Crippen molar-refractivity contribution in [1.29, 1.82) is 0 Å². The van der Waals surface area contributed by atoms with E-state index in [0.29, 0.717) is 5.82 Å². The fourth-order valence-corrected chi connectivity index (χ4v) is 2.28. The van der Waals surface area contributed by atoms with Crippen LogP contribution in [0, 0.1) is 6.92 Å². The predicted octanol–water partition coefficient (Wildman–Crippen LogP) is 3.75. The number of hydrogen-bond donors (Lipinski definition) is 1. The number of nitrogens with zero attached hydrogens (tertiary/aromatic N) is 4. The first-order valence-electron chi connectivity index (χ1n) is 6.34. The molecule has 3 aromatic heterocycles. The lowest BCUT2D eigenvalue weighted by molar-refractivity contribution is 1.06. The van der Waals surface area contributed by atoms with Gasteiger partial charge in [-0.2, -0.15) is 0 Å². The van der Waals surface area contributed by atoms with Crippen molar-refractivity contribution in [3.05, 3.63) is 59.3 Å². The lowest BCUT2D eigenvalue weighted by atomic mass is 10.2. The van der Waals surface area contributed by atoms with Crippen LogP contribution in [0.3, 0.4) is 0 Å². The third-order valence-electron chi connectivity index (χ3n) is 2.79. The molecule has 0 bridgehead atoms. The quantitative estimate of drug-likeness (QED) is 0.785. The molecule has 0 aliphatic heterocycles. The third kappa shape index (κ3) is 3.41. The number of anilines is 2. The second-order valence-electron chi connectivity index (χ2n) is 4.44. The first-order chi connectivity index (χ1) is 10.2. The number of halogens is 1. The van der Waals surface area contributed by atoms with E-state index in [2.05, 4.69) is 41.2 Å². The molecule has 0 saturated heterocycles. The minimum atomic E-state index is 0.698. The molecule has 1 N–H and O–H groups in total. The fourth-order valence-electron chi connectivity index (χ4n) is 1.91. The van der Waals surface area contributed by atoms with Crippen molar-refractivity contribution in [2.24, 2.45) is 0 Å². The Morgan fingerprint density at radius 1 is 1.00 bits per heavy atom. The van der Waals surface area contributed by atoms with Gasteiger partial charge in [-0.15, -0.1) is 0 Å². The highest BCUT2D eigenvalue weighted by atomic mass is 79.9. The summed E-state index contributed by atoms with van der Waals surface area (Å²) in [5.74, 6) is 1.44. The van der Waals surface area contributed by atoms with E-state index in [9.17, 15) is 0 Å². The van der Waals surface area contributed by atoms with E-state index in [1.165, 1.54) is 0 Å². The first kappa shape index (κ1) is 13.6. The lowest BCUT2D eigenvalue weighted by Crippen LogP contribution is -1.99. The van der Waals surface area contributed by atoms with Crippen molar-refractivity contribution in [3.63, 3.8) is 0 Å². The van der Waals surface area contributed by atoms with Crippen molar-refractivity contribution >= 4 is 27.4 Å². The van der Waals surface area contributed by atoms with Gasteiger partial charge >= 0.3 is 0 Å². The molecule has 3 heterocycles. The number of hydrogen-bond acceptors (Lipinski definition) is 5. The molecule has 0 spiro atoms. The van der Waals surface area contributed by atoms with Gasteiger partial charge in [-0.3, -0.25) is 9.97 Å². The molecule has 0 unspecified atom stereocenters. The molecule has 3 rings (SSSR count). The molecule has 21 heavy (non-hydrogen) atoms. The zero-order valence-corrected chi connectivity index (χ0v) is 12.9. The highest BCUT2D eigenvalue weighted by Gasteiger charge is 2.06. The monoisotopic (exact) mass is 341 g/mol. The minimum Gasteiger partial charge on any atom is -0.340 e. The zero-order chi connectivity index (χ0) is 14.7. The second kappa shape index (κ2) is 5.97. The Balaban J connectivity index is 1.97. The number of rotatable bonds is 3. The van der Waals surface area contributed by atoms with E-state index >= 15 is 0 Å². The molecule has 0 aromatic carbocycles. The summed E-state index contributed by atoms with van der Waals surface area (Å²) in [6.07, 6.45) is 6.99. The van der Waals surface area contributed by atoms with E-state index in [1.54, 1.807) is 24.8 Å². The van der Waals surface area contributed by atoms with Crippen LogP contribution < -0.4 is 5.32 Å². The van der Waals surface area contributed by atoms with E-state index in [-0.39, 0.29) is 0 Å². The molecular formula is C15H12BrN5. The topological polar surface area (TPSA) is 63.6 Å². The summed E-state index contributed by atoms with van der Waals surface area (Å²) in [7, 11) is 0. The number of pyridine rings is 2. The summed E-state index contributed by atoms with van der Waals surface area (Å²) in [4.78, 5) is 17.0. The Morgan fingerprint density at radius 3 is 2.57 bits per heavy atom. The van der Waals surface area contributed by atoms with Crippen LogP contribution >= 0.6 is 15.9 Å². The molecule has 0 amide bonds. The maximum Gasteiger partial charge on any atom is 0.134 e. The maximum absolute atomic E-state index is 4.46. The summed E-state index contributed by atoms with van der Waals surface area (Å²) in [5, 5.41) is 3.25. The summed E-state index contributed by atoms with van der Waals surface area (Å²) < 4.78 is 0.917. The van der Waals surface area contributed by atoms with Gasteiger partial charge in [0.1, 0.15) is 11.6 Å². The normalized spacial score (nSPS) is 10.4. The SMILES string of the molecule is Cc1nc(Nc2ccncc2)cc(-c2cncc(Br)c2)n1. The molecule has 0 aliphatic rings. The summed E-state index contributed by atoms with van der Waals surface area (Å²) in [6.45, 7) is 1.87. The highest BCUT2D eigenvalue weighted by Crippen LogP contribution is 2.23. The van der Waals surface area contributed by atoms with Gasteiger partial charge in [0.25, 0.3) is 0 Å². The van der Waals surface area contributed by atoms with Crippen LogP contribution in [-0.4, -0.2) is 19.9 Å². The average Bonchev–Trinajstić information content (AvgIpc) is 2.48. The molecule has 0 aliphatic carbocycles. The minimum absolute atomic E-state index is 0.698. The Labute approximate surface area is 130 Å². The third-order valence-corrected chi connectivity index (χ3v) is 3.22. The molecular weight excluding hydrogens is 330 g/mol. The van der Waals surface area contributed by atoms with Crippen molar-refractivity contribution in [3.8, 4) is 11.3 Å². The van der Waals surface area contributed by atoms with Crippen molar-refractivity contribution in [2.75, 3.05) is 5.32 Å². The van der Waals surface area contributed by atoms with Gasteiger partial charge < -0.3 is 5.32 Å². The van der Waals surface area contributed by atoms with Crippen LogP contribution in [0.15, 0.2) is 53.5 Å². The Morgan fingerprint density at radius 2 is 1.81 bits per heavy atom.